The van der Waals surface area contributed by atoms with Crippen LogP contribution in [0.2, 0.25) is 0 Å². The minimum atomic E-state index is -0.915. The molecule has 6 rings (SSSR count). The number of aryl methyl sites for hydroxylation is 1. The van der Waals surface area contributed by atoms with Gasteiger partial charge in [0, 0.05) is 37.6 Å². The summed E-state index contributed by atoms with van der Waals surface area (Å²) < 4.78 is 12.1. The van der Waals surface area contributed by atoms with E-state index in [0.29, 0.717) is 41.3 Å². The molecule has 1 aliphatic carbocycles. The van der Waals surface area contributed by atoms with Gasteiger partial charge in [0.15, 0.2) is 5.82 Å². The molecule has 10 nitrogen and oxygen atoms in total. The van der Waals surface area contributed by atoms with Crippen LogP contribution >= 0.6 is 0 Å². The van der Waals surface area contributed by atoms with Gasteiger partial charge in [-0.3, -0.25) is 4.79 Å². The number of hydrogen-bond acceptors (Lipinski definition) is 7. The fourth-order valence-corrected chi connectivity index (χ4v) is 6.12. The molecular weight excluding hydrogens is 546 g/mol. The summed E-state index contributed by atoms with van der Waals surface area (Å²) in [5.74, 6) is 1.21. The molecule has 2 aliphatic heterocycles. The fourth-order valence-electron chi connectivity index (χ4n) is 6.12. The summed E-state index contributed by atoms with van der Waals surface area (Å²) >= 11 is 0. The Morgan fingerprint density at radius 3 is 2.70 bits per heavy atom. The molecule has 1 saturated carbocycles. The number of carbonyl (C=O) groups is 3. The maximum absolute atomic E-state index is 13.7. The van der Waals surface area contributed by atoms with Gasteiger partial charge in [0.1, 0.15) is 29.7 Å². The molecule has 4 atom stereocenters. The smallest absolute Gasteiger partial charge is 0.320 e. The van der Waals surface area contributed by atoms with Crippen molar-refractivity contribution in [2.75, 3.05) is 27.2 Å². The highest BCUT2D eigenvalue weighted by Gasteiger charge is 2.55. The Kier molecular flexibility index (Phi) is 7.77. The minimum Gasteiger partial charge on any atom is -0.496 e. The Bertz CT molecular complexity index is 1580. The second-order valence-corrected chi connectivity index (χ2v) is 11.8. The zero-order chi connectivity index (χ0) is 30.1. The van der Waals surface area contributed by atoms with E-state index in [0.717, 1.165) is 36.7 Å². The first-order valence-corrected chi connectivity index (χ1v) is 14.9. The van der Waals surface area contributed by atoms with E-state index in [1.165, 1.54) is 0 Å². The van der Waals surface area contributed by atoms with Gasteiger partial charge in [-0.2, -0.15) is 4.98 Å². The molecule has 3 aromatic rings. The van der Waals surface area contributed by atoms with Crippen LogP contribution in [-0.4, -0.2) is 82.9 Å². The number of aldehydes is 1. The molecule has 3 heterocycles. The Balaban J connectivity index is 1.34. The van der Waals surface area contributed by atoms with E-state index in [-0.39, 0.29) is 30.8 Å². The van der Waals surface area contributed by atoms with Gasteiger partial charge in [0.2, 0.25) is 11.8 Å². The number of allylic oxidation sites excluding steroid dienone is 1. The molecule has 0 bridgehead atoms. The lowest BCUT2D eigenvalue weighted by Gasteiger charge is -2.29. The van der Waals surface area contributed by atoms with Crippen molar-refractivity contribution in [1.29, 1.82) is 0 Å². The van der Waals surface area contributed by atoms with E-state index < -0.39 is 17.7 Å². The van der Waals surface area contributed by atoms with Crippen molar-refractivity contribution in [3.8, 4) is 23.0 Å². The van der Waals surface area contributed by atoms with Crippen molar-refractivity contribution in [3.63, 3.8) is 0 Å². The van der Waals surface area contributed by atoms with Gasteiger partial charge in [0.25, 0.3) is 0 Å². The van der Waals surface area contributed by atoms with Crippen molar-refractivity contribution >= 4 is 29.1 Å². The first kappa shape index (κ1) is 28.6. The third-order valence-electron chi connectivity index (χ3n) is 8.73. The SMILES string of the molecule is COc1cc2nc(-c3ccccc3)nc(OC3CC4C(=O)NC5(C=O)CC5/C=C/CCCCN(C)C(=O)N4C3)c2cc1C. The summed E-state index contributed by atoms with van der Waals surface area (Å²) in [6, 6.07) is 12.4. The van der Waals surface area contributed by atoms with Gasteiger partial charge in [-0.1, -0.05) is 42.5 Å². The topological polar surface area (TPSA) is 114 Å². The van der Waals surface area contributed by atoms with Crippen LogP contribution in [0.5, 0.6) is 11.6 Å². The molecular formula is C33H37N5O5. The van der Waals surface area contributed by atoms with Crippen LogP contribution in [0.15, 0.2) is 54.6 Å². The molecule has 224 valence electrons. The minimum absolute atomic E-state index is 0.0267. The van der Waals surface area contributed by atoms with Crippen LogP contribution in [-0.2, 0) is 9.59 Å². The quantitative estimate of drug-likeness (QED) is 0.352. The number of urea groups is 1. The third kappa shape index (κ3) is 5.66. The lowest BCUT2D eigenvalue weighted by Crippen LogP contribution is -2.53. The van der Waals surface area contributed by atoms with Crippen molar-refractivity contribution in [1.82, 2.24) is 25.1 Å². The van der Waals surface area contributed by atoms with Gasteiger partial charge in [-0.15, -0.1) is 0 Å². The third-order valence-corrected chi connectivity index (χ3v) is 8.73. The van der Waals surface area contributed by atoms with Crippen LogP contribution in [0.3, 0.4) is 0 Å². The second kappa shape index (κ2) is 11.7. The summed E-state index contributed by atoms with van der Waals surface area (Å²) in [6.45, 7) is 2.74. The highest BCUT2D eigenvalue weighted by Crippen LogP contribution is 2.43. The zero-order valence-corrected chi connectivity index (χ0v) is 24.8. The molecule has 0 spiro atoms. The number of hydrogen-bond donors (Lipinski definition) is 1. The maximum Gasteiger partial charge on any atom is 0.320 e. The van der Waals surface area contributed by atoms with Crippen LogP contribution in [0.25, 0.3) is 22.3 Å². The molecule has 2 fully saturated rings. The summed E-state index contributed by atoms with van der Waals surface area (Å²) in [6.07, 6.45) is 7.93. The summed E-state index contributed by atoms with van der Waals surface area (Å²) in [5.41, 5.74) is 1.49. The predicted octanol–water partition coefficient (Wildman–Crippen LogP) is 4.30. The Morgan fingerprint density at radius 2 is 1.93 bits per heavy atom. The maximum atomic E-state index is 13.7. The average molecular weight is 584 g/mol. The molecule has 1 aromatic heterocycles. The molecule has 2 aromatic carbocycles. The van der Waals surface area contributed by atoms with Gasteiger partial charge in [0.05, 0.1) is 24.6 Å². The van der Waals surface area contributed by atoms with E-state index in [2.05, 4.69) is 11.4 Å². The molecule has 1 N–H and O–H groups in total. The lowest BCUT2D eigenvalue weighted by molar-refractivity contribution is -0.128. The Morgan fingerprint density at radius 1 is 1.12 bits per heavy atom. The molecule has 43 heavy (non-hydrogen) atoms. The first-order chi connectivity index (χ1) is 20.8. The second-order valence-electron chi connectivity index (χ2n) is 11.8. The van der Waals surface area contributed by atoms with Gasteiger partial charge < -0.3 is 29.4 Å². The van der Waals surface area contributed by atoms with Gasteiger partial charge >= 0.3 is 6.03 Å². The molecule has 1 saturated heterocycles. The Hall–Kier alpha value is -4.47. The van der Waals surface area contributed by atoms with Crippen molar-refractivity contribution < 1.29 is 23.9 Å². The van der Waals surface area contributed by atoms with Crippen LogP contribution in [0, 0.1) is 12.8 Å². The molecule has 4 unspecified atom stereocenters. The van der Waals surface area contributed by atoms with Crippen molar-refractivity contribution in [3.05, 3.63) is 60.2 Å². The Labute approximate surface area is 251 Å². The number of nitrogens with one attached hydrogen (secondary N) is 1. The lowest BCUT2D eigenvalue weighted by atomic mass is 10.1. The highest BCUT2D eigenvalue weighted by molar-refractivity contribution is 5.92. The standard InChI is InChI=1S/C33H37N5O5/c1-21-15-25-26(17-28(21)42-3)34-29(22-11-7-6-8-12-22)35-31(25)43-24-16-27-30(40)36-33(20-39)18-23(33)13-9-4-5-10-14-37(2)32(41)38(27)19-24/h6-9,11-13,15,17,20,23-24,27H,4-5,10,14,16,18-19H2,1-3H3,(H,36,40)/b13-9+. The fraction of sp³-hybridized carbons (Fsp3) is 0.424. The largest absolute Gasteiger partial charge is 0.496 e. The summed E-state index contributed by atoms with van der Waals surface area (Å²) in [7, 11) is 3.38. The number of carbonyl (C=O) groups excluding carboxylic acids is 3. The normalized spacial score (nSPS) is 26.6. The van der Waals surface area contributed by atoms with Gasteiger partial charge in [-0.05, 0) is 44.2 Å². The van der Waals surface area contributed by atoms with E-state index in [9.17, 15) is 14.4 Å². The van der Waals surface area contributed by atoms with E-state index in [1.807, 2.05) is 55.5 Å². The molecule has 3 aliphatic rings. The van der Waals surface area contributed by atoms with Crippen LogP contribution in [0.4, 0.5) is 4.79 Å². The summed E-state index contributed by atoms with van der Waals surface area (Å²) in [4.78, 5) is 52.3. The number of benzene rings is 2. The number of amides is 3. The number of methoxy groups -OCH3 is 1. The van der Waals surface area contributed by atoms with E-state index in [4.69, 9.17) is 19.4 Å². The van der Waals surface area contributed by atoms with E-state index in [1.54, 1.807) is 24.0 Å². The number of aromatic nitrogens is 2. The summed E-state index contributed by atoms with van der Waals surface area (Å²) in [5, 5.41) is 3.69. The first-order valence-electron chi connectivity index (χ1n) is 14.9. The average Bonchev–Trinajstić information content (AvgIpc) is 3.53. The monoisotopic (exact) mass is 583 g/mol. The molecule has 3 amide bonds. The van der Waals surface area contributed by atoms with E-state index >= 15 is 0 Å². The molecule has 10 heteroatoms. The molecule has 0 radical (unpaired) electrons. The zero-order valence-electron chi connectivity index (χ0n) is 24.8. The van der Waals surface area contributed by atoms with Crippen molar-refractivity contribution in [2.45, 2.75) is 56.7 Å². The highest BCUT2D eigenvalue weighted by atomic mass is 16.5. The van der Waals surface area contributed by atoms with Crippen LogP contribution < -0.4 is 14.8 Å². The number of nitrogens with zero attached hydrogens (tertiary/aromatic N) is 4. The van der Waals surface area contributed by atoms with Crippen molar-refractivity contribution in [2.24, 2.45) is 5.92 Å². The number of fused-ring (bicyclic) bond motifs is 3. The van der Waals surface area contributed by atoms with Crippen LogP contribution in [0.1, 0.15) is 37.7 Å². The predicted molar refractivity (Wildman–Crippen MR) is 162 cm³/mol. The number of ether oxygens (including phenoxy) is 2. The number of rotatable bonds is 5. The van der Waals surface area contributed by atoms with Gasteiger partial charge in [-0.25, -0.2) is 9.78 Å².